The molecule has 2 aromatic carbocycles. The zero-order valence-electron chi connectivity index (χ0n) is 31.3. The van der Waals surface area contributed by atoms with Gasteiger partial charge in [0.1, 0.15) is 23.7 Å². The van der Waals surface area contributed by atoms with Crippen molar-refractivity contribution < 1.29 is 33.4 Å². The van der Waals surface area contributed by atoms with E-state index in [9.17, 15) is 24.0 Å². The minimum absolute atomic E-state index is 0.0171. The summed E-state index contributed by atoms with van der Waals surface area (Å²) in [5.41, 5.74) is 0.915. The molecule has 2 heterocycles. The number of hydrogen-bond acceptors (Lipinski definition) is 8. The van der Waals surface area contributed by atoms with Crippen molar-refractivity contribution in [1.82, 2.24) is 26.2 Å². The fraction of sp³-hybridized carbons (Fsp3) is 0.575. The minimum Gasteiger partial charge on any atom is -0.379 e. The Balaban J connectivity index is 1.51. The van der Waals surface area contributed by atoms with Crippen LogP contribution in [-0.4, -0.2) is 104 Å². The van der Waals surface area contributed by atoms with Crippen LogP contribution in [0.4, 0.5) is 0 Å². The molecule has 12 nitrogen and oxygen atoms in total. The number of nitrogens with zero attached hydrogens (tertiary/aromatic N) is 1. The molecule has 2 saturated heterocycles. The normalized spacial score (nSPS) is 19.6. The first kappa shape index (κ1) is 40.6. The lowest BCUT2D eigenvalue weighted by atomic mass is 9.93. The Kier molecular flexibility index (Phi) is 15.3. The highest BCUT2D eigenvalue weighted by Crippen LogP contribution is 2.29. The quantitative estimate of drug-likeness (QED) is 0.152. The second kappa shape index (κ2) is 19.6. The number of amides is 4. The molecule has 4 amide bonds. The Morgan fingerprint density at radius 2 is 1.19 bits per heavy atom. The number of epoxide rings is 1. The average Bonchev–Trinajstić information content (AvgIpc) is 3.87. The van der Waals surface area contributed by atoms with Gasteiger partial charge in [-0.1, -0.05) is 88.4 Å². The van der Waals surface area contributed by atoms with Crippen molar-refractivity contribution in [3.63, 3.8) is 0 Å². The van der Waals surface area contributed by atoms with Crippen LogP contribution in [0.5, 0.6) is 0 Å². The highest BCUT2D eigenvalue weighted by atomic mass is 16.6. The van der Waals surface area contributed by atoms with Crippen LogP contribution in [0, 0.1) is 11.8 Å². The molecule has 0 bridgehead atoms. The summed E-state index contributed by atoms with van der Waals surface area (Å²) in [6.45, 7) is 12.3. The summed E-state index contributed by atoms with van der Waals surface area (Å²) in [4.78, 5) is 70.5. The number of Topliss-reactive ketones (excluding diaryl/α,β-unsaturated/α-hetero) is 1. The molecule has 4 N–H and O–H groups in total. The predicted molar refractivity (Wildman–Crippen MR) is 198 cm³/mol. The number of ketones is 1. The van der Waals surface area contributed by atoms with E-state index in [0.29, 0.717) is 58.6 Å². The van der Waals surface area contributed by atoms with Crippen molar-refractivity contribution in [2.24, 2.45) is 11.8 Å². The van der Waals surface area contributed by atoms with Gasteiger partial charge < -0.3 is 30.7 Å². The fourth-order valence-electron chi connectivity index (χ4n) is 6.33. The first-order valence-corrected chi connectivity index (χ1v) is 18.6. The van der Waals surface area contributed by atoms with Gasteiger partial charge in [0.25, 0.3) is 0 Å². The highest BCUT2D eigenvalue weighted by Gasteiger charge is 2.50. The number of nitrogens with one attached hydrogen (secondary N) is 4. The topological polar surface area (TPSA) is 158 Å². The monoisotopic (exact) mass is 719 g/mol. The largest absolute Gasteiger partial charge is 0.379 e. The molecule has 0 saturated carbocycles. The van der Waals surface area contributed by atoms with E-state index in [4.69, 9.17) is 9.47 Å². The van der Waals surface area contributed by atoms with Crippen LogP contribution in [0.1, 0.15) is 65.0 Å². The number of rotatable bonds is 20. The van der Waals surface area contributed by atoms with Crippen LogP contribution in [-0.2, 0) is 46.3 Å². The molecule has 4 rings (SSSR count). The predicted octanol–water partition coefficient (Wildman–Crippen LogP) is 2.58. The van der Waals surface area contributed by atoms with E-state index in [1.54, 1.807) is 6.92 Å². The van der Waals surface area contributed by atoms with Crippen LogP contribution in [0.25, 0.3) is 0 Å². The smallest absolute Gasteiger partial charge is 0.243 e. The summed E-state index contributed by atoms with van der Waals surface area (Å²) in [6, 6.07) is 15.3. The molecule has 0 aromatic heterocycles. The number of benzene rings is 2. The molecule has 2 fully saturated rings. The molecule has 0 radical (unpaired) electrons. The lowest BCUT2D eigenvalue weighted by Gasteiger charge is -2.29. The van der Waals surface area contributed by atoms with Crippen molar-refractivity contribution in [3.05, 3.63) is 71.8 Å². The first-order valence-electron chi connectivity index (χ1n) is 18.6. The first-order chi connectivity index (χ1) is 24.8. The molecule has 0 spiro atoms. The lowest BCUT2D eigenvalue weighted by Crippen LogP contribution is -2.59. The van der Waals surface area contributed by atoms with Crippen molar-refractivity contribution in [2.45, 2.75) is 96.5 Å². The van der Waals surface area contributed by atoms with E-state index in [1.165, 1.54) is 0 Å². The van der Waals surface area contributed by atoms with E-state index in [2.05, 4.69) is 21.3 Å². The molecule has 1 unspecified atom stereocenters. The van der Waals surface area contributed by atoms with Crippen molar-refractivity contribution >= 4 is 29.4 Å². The Morgan fingerprint density at radius 1 is 0.692 bits per heavy atom. The average molecular weight is 720 g/mol. The highest BCUT2D eigenvalue weighted by molar-refractivity contribution is 5.98. The third-order valence-corrected chi connectivity index (χ3v) is 9.38. The summed E-state index contributed by atoms with van der Waals surface area (Å²) in [5.74, 6) is -1.83. The molecule has 52 heavy (non-hydrogen) atoms. The lowest BCUT2D eigenvalue weighted by molar-refractivity contribution is -0.135. The Morgan fingerprint density at radius 3 is 1.77 bits per heavy atom. The fourth-order valence-corrected chi connectivity index (χ4v) is 6.33. The third kappa shape index (κ3) is 13.1. The summed E-state index contributed by atoms with van der Waals surface area (Å²) < 4.78 is 10.8. The van der Waals surface area contributed by atoms with Crippen molar-refractivity contribution in [1.29, 1.82) is 0 Å². The van der Waals surface area contributed by atoms with Gasteiger partial charge in [-0.3, -0.25) is 28.9 Å². The van der Waals surface area contributed by atoms with Crippen LogP contribution in [0.2, 0.25) is 0 Å². The van der Waals surface area contributed by atoms with Crippen LogP contribution in [0.3, 0.4) is 0 Å². The number of morpholine rings is 1. The summed E-state index contributed by atoms with van der Waals surface area (Å²) in [5, 5.41) is 11.7. The zero-order chi connectivity index (χ0) is 37.7. The SMILES string of the molecule is CC(C)C[C@H](NC(=O)[C@H](Cc1ccccc1)NC(=O)[C@@H](CC(C)C)NC(=O)[C@H](CCc1ccccc1)NC(=O)CN1CCOCC1)C(=O)C1(C)CO1. The Hall–Kier alpha value is -4.13. The van der Waals surface area contributed by atoms with E-state index in [0.717, 1.165) is 11.1 Å². The third-order valence-electron chi connectivity index (χ3n) is 9.38. The van der Waals surface area contributed by atoms with Gasteiger partial charge in [-0.2, -0.15) is 0 Å². The van der Waals surface area contributed by atoms with Crippen LogP contribution >= 0.6 is 0 Å². The molecule has 2 aliphatic heterocycles. The van der Waals surface area contributed by atoms with Gasteiger partial charge in [0.05, 0.1) is 32.4 Å². The van der Waals surface area contributed by atoms with Gasteiger partial charge in [-0.15, -0.1) is 0 Å². The molecule has 284 valence electrons. The van der Waals surface area contributed by atoms with E-state index < -0.39 is 47.5 Å². The van der Waals surface area contributed by atoms with E-state index in [-0.39, 0.29) is 36.5 Å². The van der Waals surface area contributed by atoms with Gasteiger partial charge in [-0.05, 0) is 55.6 Å². The zero-order valence-corrected chi connectivity index (χ0v) is 31.3. The number of carbonyl (C=O) groups is 5. The number of carbonyl (C=O) groups excluding carboxylic acids is 5. The van der Waals surface area contributed by atoms with E-state index in [1.807, 2.05) is 93.3 Å². The van der Waals surface area contributed by atoms with Gasteiger partial charge in [0.2, 0.25) is 23.6 Å². The maximum Gasteiger partial charge on any atom is 0.243 e. The molecular formula is C40H57N5O7. The summed E-state index contributed by atoms with van der Waals surface area (Å²) in [7, 11) is 0. The van der Waals surface area contributed by atoms with Gasteiger partial charge >= 0.3 is 0 Å². The maximum atomic E-state index is 14.1. The number of aryl methyl sites for hydroxylation is 1. The van der Waals surface area contributed by atoms with Gasteiger partial charge in [0, 0.05) is 19.5 Å². The van der Waals surface area contributed by atoms with Crippen LogP contribution < -0.4 is 21.3 Å². The van der Waals surface area contributed by atoms with E-state index >= 15 is 0 Å². The Bertz CT molecular complexity index is 1480. The molecule has 2 aromatic rings. The molecule has 0 aliphatic carbocycles. The molecule has 5 atom stereocenters. The van der Waals surface area contributed by atoms with Gasteiger partial charge in [0.15, 0.2) is 5.78 Å². The minimum atomic E-state index is -1.03. The second-order valence-electron chi connectivity index (χ2n) is 15.0. The summed E-state index contributed by atoms with van der Waals surface area (Å²) >= 11 is 0. The number of hydrogen-bond donors (Lipinski definition) is 4. The molecular weight excluding hydrogens is 662 g/mol. The molecule has 2 aliphatic rings. The Labute approximate surface area is 308 Å². The molecule has 12 heteroatoms. The van der Waals surface area contributed by atoms with Crippen molar-refractivity contribution in [2.75, 3.05) is 39.5 Å². The van der Waals surface area contributed by atoms with Crippen molar-refractivity contribution in [3.8, 4) is 0 Å². The van der Waals surface area contributed by atoms with Gasteiger partial charge in [-0.25, -0.2) is 0 Å². The second-order valence-corrected chi connectivity index (χ2v) is 15.0. The van der Waals surface area contributed by atoms with Crippen LogP contribution in [0.15, 0.2) is 60.7 Å². The summed E-state index contributed by atoms with van der Waals surface area (Å²) in [6.07, 6.45) is 1.76. The standard InChI is InChI=1S/C40H57N5O7/c1-27(2)22-32(36(47)40(5)26-52-40)42-39(50)34(24-30-14-10-7-11-15-30)44-38(49)33(23-28(3)4)43-37(48)31(17-16-29-12-8-6-9-13-29)41-35(46)25-45-18-20-51-21-19-45/h6-15,27-28,31-34H,16-26H2,1-5H3,(H,41,46)(H,42,50)(H,43,48)(H,44,49)/t31-,32-,33+,34-,40?/m0/s1. The maximum absolute atomic E-state index is 14.1. The number of ether oxygens (including phenoxy) is 2.